The summed E-state index contributed by atoms with van der Waals surface area (Å²) in [6.07, 6.45) is -0.167. The van der Waals surface area contributed by atoms with Crippen LogP contribution in [-0.2, 0) is 17.9 Å². The Morgan fingerprint density at radius 1 is 1.15 bits per heavy atom. The van der Waals surface area contributed by atoms with Gasteiger partial charge in [-0.2, -0.15) is 0 Å². The number of fused-ring (bicyclic) bond motifs is 1. The van der Waals surface area contributed by atoms with Crippen LogP contribution in [0, 0.1) is 5.82 Å². The van der Waals surface area contributed by atoms with Crippen LogP contribution in [0.2, 0.25) is 0 Å². The summed E-state index contributed by atoms with van der Waals surface area (Å²) in [4.78, 5) is 27.3. The maximum atomic E-state index is 14.2. The van der Waals surface area contributed by atoms with E-state index in [0.29, 0.717) is 34.7 Å². The van der Waals surface area contributed by atoms with Crippen LogP contribution in [0.5, 0.6) is 11.5 Å². The van der Waals surface area contributed by atoms with Crippen molar-refractivity contribution in [1.82, 2.24) is 4.90 Å². The van der Waals surface area contributed by atoms with Crippen molar-refractivity contribution in [1.29, 1.82) is 0 Å². The summed E-state index contributed by atoms with van der Waals surface area (Å²) < 4.78 is 25.3. The molecular weight excluding hydrogens is 423 g/mol. The molecule has 0 radical (unpaired) electrons. The molecule has 7 heteroatoms. The number of nitrogens with zero attached hydrogens (tertiary/aromatic N) is 1. The smallest absolute Gasteiger partial charge is 0.264 e. The van der Waals surface area contributed by atoms with E-state index < -0.39 is 6.10 Å². The number of methoxy groups -OCH3 is 1. The Kier molecular flexibility index (Phi) is 6.58. The number of anilines is 1. The molecule has 1 heterocycles. The summed E-state index contributed by atoms with van der Waals surface area (Å²) in [6.45, 7) is 2.25. The van der Waals surface area contributed by atoms with Crippen LogP contribution >= 0.6 is 0 Å². The van der Waals surface area contributed by atoms with Gasteiger partial charge >= 0.3 is 0 Å². The number of nitrogens with one attached hydrogen (secondary N) is 1. The normalized spacial score (nSPS) is 15.3. The zero-order valence-electron chi connectivity index (χ0n) is 18.5. The Balaban J connectivity index is 1.58. The zero-order valence-corrected chi connectivity index (χ0v) is 18.5. The van der Waals surface area contributed by atoms with Crippen LogP contribution in [-0.4, -0.2) is 29.9 Å². The molecule has 170 valence electrons. The van der Waals surface area contributed by atoms with Crippen molar-refractivity contribution in [3.05, 3.63) is 89.2 Å². The second-order valence-corrected chi connectivity index (χ2v) is 7.81. The number of amides is 2. The third-order valence-corrected chi connectivity index (χ3v) is 5.58. The van der Waals surface area contributed by atoms with Crippen LogP contribution in [0.25, 0.3) is 0 Å². The van der Waals surface area contributed by atoms with E-state index in [1.54, 1.807) is 72.7 Å². The molecule has 1 N–H and O–H groups in total. The van der Waals surface area contributed by atoms with Crippen molar-refractivity contribution in [2.75, 3.05) is 12.4 Å². The van der Waals surface area contributed by atoms with Crippen LogP contribution in [0.3, 0.4) is 0 Å². The van der Waals surface area contributed by atoms with E-state index in [1.165, 1.54) is 6.07 Å². The number of rotatable bonds is 6. The first kappa shape index (κ1) is 22.3. The minimum absolute atomic E-state index is 0.132. The predicted molar refractivity (Wildman–Crippen MR) is 123 cm³/mol. The van der Waals surface area contributed by atoms with E-state index in [4.69, 9.17) is 9.47 Å². The molecule has 6 nitrogen and oxygen atoms in total. The van der Waals surface area contributed by atoms with Crippen molar-refractivity contribution in [3.63, 3.8) is 0 Å². The molecule has 0 saturated heterocycles. The van der Waals surface area contributed by atoms with Gasteiger partial charge in [-0.25, -0.2) is 4.39 Å². The second kappa shape index (κ2) is 9.73. The van der Waals surface area contributed by atoms with E-state index in [-0.39, 0.29) is 30.7 Å². The third kappa shape index (κ3) is 4.98. The molecule has 1 aliphatic rings. The number of halogens is 1. The quantitative estimate of drug-likeness (QED) is 0.589. The Morgan fingerprint density at radius 3 is 2.61 bits per heavy atom. The largest absolute Gasteiger partial charge is 0.497 e. The van der Waals surface area contributed by atoms with Gasteiger partial charge in [0.2, 0.25) is 0 Å². The third-order valence-electron chi connectivity index (χ3n) is 5.58. The van der Waals surface area contributed by atoms with E-state index >= 15 is 0 Å². The Morgan fingerprint density at radius 2 is 1.91 bits per heavy atom. The highest BCUT2D eigenvalue weighted by Gasteiger charge is 2.30. The number of hydrogen-bond donors (Lipinski definition) is 1. The standard InChI is InChI=1S/C26H25FN2O4/c1-3-23-26(31)29(15-18-6-4-5-7-22(18)27)16-19-14-20(10-13-24(19)33-23)28-25(30)17-8-11-21(32-2)12-9-17/h4-14,23H,3,15-16H2,1-2H3,(H,28,30)/t23-/m0/s1. The highest BCUT2D eigenvalue weighted by molar-refractivity contribution is 6.04. The van der Waals surface area contributed by atoms with Gasteiger partial charge in [0.05, 0.1) is 7.11 Å². The van der Waals surface area contributed by atoms with Crippen molar-refractivity contribution in [3.8, 4) is 11.5 Å². The lowest BCUT2D eigenvalue weighted by atomic mass is 10.1. The van der Waals surface area contributed by atoms with Gasteiger partial charge in [0, 0.05) is 35.5 Å². The van der Waals surface area contributed by atoms with Gasteiger partial charge in [-0.15, -0.1) is 0 Å². The van der Waals surface area contributed by atoms with Gasteiger partial charge in [0.15, 0.2) is 6.10 Å². The van der Waals surface area contributed by atoms with Gasteiger partial charge in [0.1, 0.15) is 17.3 Å². The fraction of sp³-hybridized carbons (Fsp3) is 0.231. The maximum absolute atomic E-state index is 14.2. The lowest BCUT2D eigenvalue weighted by Gasteiger charge is -2.23. The lowest BCUT2D eigenvalue weighted by molar-refractivity contribution is -0.139. The van der Waals surface area contributed by atoms with Gasteiger partial charge in [0.25, 0.3) is 11.8 Å². The molecule has 1 aliphatic heterocycles. The number of ether oxygens (including phenoxy) is 2. The van der Waals surface area contributed by atoms with Gasteiger partial charge in [-0.3, -0.25) is 9.59 Å². The minimum atomic E-state index is -0.655. The molecule has 1 atom stereocenters. The van der Waals surface area contributed by atoms with Crippen molar-refractivity contribution in [2.45, 2.75) is 32.5 Å². The van der Waals surface area contributed by atoms with Crippen molar-refractivity contribution < 1.29 is 23.5 Å². The zero-order chi connectivity index (χ0) is 23.4. The molecule has 3 aromatic carbocycles. The van der Waals surface area contributed by atoms with Crippen LogP contribution in [0.15, 0.2) is 66.7 Å². The van der Waals surface area contributed by atoms with Gasteiger partial charge < -0.3 is 19.7 Å². The van der Waals surface area contributed by atoms with Gasteiger partial charge in [-0.05, 0) is 55.0 Å². The first-order valence-electron chi connectivity index (χ1n) is 10.8. The van der Waals surface area contributed by atoms with E-state index in [2.05, 4.69) is 5.32 Å². The van der Waals surface area contributed by atoms with Gasteiger partial charge in [-0.1, -0.05) is 25.1 Å². The minimum Gasteiger partial charge on any atom is -0.497 e. The van der Waals surface area contributed by atoms with E-state index in [9.17, 15) is 14.0 Å². The molecule has 4 rings (SSSR count). The summed E-state index contributed by atoms with van der Waals surface area (Å²) in [6, 6.07) is 18.5. The average Bonchev–Trinajstić information content (AvgIpc) is 2.96. The van der Waals surface area contributed by atoms with E-state index in [0.717, 1.165) is 5.56 Å². The number of hydrogen-bond acceptors (Lipinski definition) is 4. The second-order valence-electron chi connectivity index (χ2n) is 7.81. The Bertz CT molecular complexity index is 1160. The Hall–Kier alpha value is -3.87. The molecule has 0 aromatic heterocycles. The average molecular weight is 448 g/mol. The topological polar surface area (TPSA) is 67.9 Å². The van der Waals surface area contributed by atoms with Crippen LogP contribution < -0.4 is 14.8 Å². The number of benzene rings is 3. The summed E-state index contributed by atoms with van der Waals surface area (Å²) in [5, 5.41) is 2.88. The number of carbonyl (C=O) groups is 2. The highest BCUT2D eigenvalue weighted by Crippen LogP contribution is 2.30. The van der Waals surface area contributed by atoms with Crippen LogP contribution in [0.4, 0.5) is 10.1 Å². The monoisotopic (exact) mass is 448 g/mol. The first-order valence-corrected chi connectivity index (χ1v) is 10.8. The summed E-state index contributed by atoms with van der Waals surface area (Å²) in [7, 11) is 1.57. The molecular formula is C26H25FN2O4. The predicted octanol–water partition coefficient (Wildman–Crippen LogP) is 4.79. The highest BCUT2D eigenvalue weighted by atomic mass is 19.1. The van der Waals surface area contributed by atoms with Crippen LogP contribution in [0.1, 0.15) is 34.8 Å². The number of carbonyl (C=O) groups excluding carboxylic acids is 2. The first-order chi connectivity index (χ1) is 16.0. The fourth-order valence-corrected chi connectivity index (χ4v) is 3.76. The molecule has 33 heavy (non-hydrogen) atoms. The van der Waals surface area contributed by atoms with E-state index in [1.807, 2.05) is 6.92 Å². The SMILES string of the molecule is CC[C@@H]1Oc2ccc(NC(=O)c3ccc(OC)cc3)cc2CN(Cc2ccccc2F)C1=O. The molecule has 0 bridgehead atoms. The molecule has 0 aliphatic carbocycles. The molecule has 0 unspecified atom stereocenters. The molecule has 0 spiro atoms. The molecule has 3 aromatic rings. The lowest BCUT2D eigenvalue weighted by Crippen LogP contribution is -2.39. The molecule has 0 fully saturated rings. The summed E-state index contributed by atoms with van der Waals surface area (Å²) >= 11 is 0. The fourth-order valence-electron chi connectivity index (χ4n) is 3.76. The molecule has 0 saturated carbocycles. The Labute approximate surface area is 191 Å². The van der Waals surface area contributed by atoms with Crippen molar-refractivity contribution >= 4 is 17.5 Å². The molecule has 2 amide bonds. The summed E-state index contributed by atoms with van der Waals surface area (Å²) in [5.74, 6) is 0.426. The maximum Gasteiger partial charge on any atom is 0.264 e. The summed E-state index contributed by atoms with van der Waals surface area (Å²) in [5.41, 5.74) is 2.24. The van der Waals surface area contributed by atoms with Crippen molar-refractivity contribution in [2.24, 2.45) is 0 Å².